The molecule has 3 rings (SSSR count). The lowest BCUT2D eigenvalue weighted by Crippen LogP contribution is -2.13. The van der Waals surface area contributed by atoms with Crippen LogP contribution in [0.2, 0.25) is 5.02 Å². The van der Waals surface area contributed by atoms with Crippen LogP contribution >= 0.6 is 22.9 Å². The third-order valence-electron chi connectivity index (χ3n) is 4.06. The van der Waals surface area contributed by atoms with Crippen LogP contribution in [0.15, 0.2) is 29.8 Å². The summed E-state index contributed by atoms with van der Waals surface area (Å²) in [6.07, 6.45) is 5.48. The van der Waals surface area contributed by atoms with Crippen molar-refractivity contribution in [3.63, 3.8) is 0 Å². The zero-order valence-corrected chi connectivity index (χ0v) is 14.9. The summed E-state index contributed by atoms with van der Waals surface area (Å²) in [6, 6.07) is 11.0. The van der Waals surface area contributed by atoms with E-state index >= 15 is 0 Å². The molecule has 0 bridgehead atoms. The highest BCUT2D eigenvalue weighted by Crippen LogP contribution is 2.37. The first-order valence-electron chi connectivity index (χ1n) is 7.85. The first kappa shape index (κ1) is 17.2. The number of nitriles is 2. The lowest BCUT2D eigenvalue weighted by atomic mass is 9.96. The molecule has 0 saturated carbocycles. The minimum Gasteiger partial charge on any atom is -0.312 e. The summed E-state index contributed by atoms with van der Waals surface area (Å²) in [7, 11) is 0. The number of hydrogen-bond acceptors (Lipinski definition) is 4. The smallest absolute Gasteiger partial charge is 0.266 e. The summed E-state index contributed by atoms with van der Waals surface area (Å²) in [6.45, 7) is 0. The lowest BCUT2D eigenvalue weighted by Gasteiger charge is -2.09. The lowest BCUT2D eigenvalue weighted by molar-refractivity contribution is -0.112. The van der Waals surface area contributed by atoms with E-state index in [0.717, 1.165) is 31.2 Å². The van der Waals surface area contributed by atoms with E-state index in [0.29, 0.717) is 21.2 Å². The summed E-state index contributed by atoms with van der Waals surface area (Å²) in [5.41, 5.74) is 2.28. The minimum atomic E-state index is -0.507. The van der Waals surface area contributed by atoms with Gasteiger partial charge in [-0.15, -0.1) is 11.3 Å². The number of amides is 1. The molecule has 2 aromatic rings. The SMILES string of the molecule is N#C/C(=C/c1ccc(Cl)cc1)C(=O)Nc1sc2c(c1C#N)CCCC2. The van der Waals surface area contributed by atoms with Crippen molar-refractivity contribution in [2.24, 2.45) is 0 Å². The number of anilines is 1. The van der Waals surface area contributed by atoms with Crippen LogP contribution in [0.25, 0.3) is 6.08 Å². The van der Waals surface area contributed by atoms with Crippen LogP contribution in [-0.2, 0) is 17.6 Å². The number of carbonyl (C=O) groups excluding carboxylic acids is 1. The van der Waals surface area contributed by atoms with Gasteiger partial charge >= 0.3 is 0 Å². The predicted molar refractivity (Wildman–Crippen MR) is 99.3 cm³/mol. The molecule has 0 aliphatic heterocycles. The summed E-state index contributed by atoms with van der Waals surface area (Å²) in [5, 5.41) is 22.6. The van der Waals surface area contributed by atoms with Crippen molar-refractivity contribution in [1.82, 2.24) is 0 Å². The second-order valence-electron chi connectivity index (χ2n) is 5.70. The number of aryl methyl sites for hydroxylation is 1. The van der Waals surface area contributed by atoms with Crippen molar-refractivity contribution < 1.29 is 4.79 Å². The number of rotatable bonds is 3. The molecule has 0 unspecified atom stereocenters. The summed E-state index contributed by atoms with van der Waals surface area (Å²) in [4.78, 5) is 13.6. The van der Waals surface area contributed by atoms with Gasteiger partial charge in [0.25, 0.3) is 5.91 Å². The molecular weight excluding hydrogens is 354 g/mol. The van der Waals surface area contributed by atoms with Gasteiger partial charge in [0.1, 0.15) is 22.7 Å². The second-order valence-corrected chi connectivity index (χ2v) is 7.24. The summed E-state index contributed by atoms with van der Waals surface area (Å²) < 4.78 is 0. The average Bonchev–Trinajstić information content (AvgIpc) is 2.98. The Balaban J connectivity index is 1.86. The van der Waals surface area contributed by atoms with Gasteiger partial charge in [0.15, 0.2) is 0 Å². The molecule has 1 heterocycles. The van der Waals surface area contributed by atoms with E-state index in [2.05, 4.69) is 11.4 Å². The summed E-state index contributed by atoms with van der Waals surface area (Å²) in [5.74, 6) is -0.507. The number of carbonyl (C=O) groups is 1. The first-order chi connectivity index (χ1) is 12.1. The highest BCUT2D eigenvalue weighted by molar-refractivity contribution is 7.16. The Hall–Kier alpha value is -2.60. The molecule has 0 fully saturated rings. The Morgan fingerprint density at radius 3 is 2.60 bits per heavy atom. The molecule has 6 heteroatoms. The van der Waals surface area contributed by atoms with E-state index in [1.165, 1.54) is 22.3 Å². The van der Waals surface area contributed by atoms with Gasteiger partial charge in [0.05, 0.1) is 5.56 Å². The number of hydrogen-bond donors (Lipinski definition) is 1. The van der Waals surface area contributed by atoms with Crippen LogP contribution in [0.4, 0.5) is 5.00 Å². The minimum absolute atomic E-state index is 0.0161. The standard InChI is InChI=1S/C19H14ClN3OS/c20-14-7-5-12(6-8-14)9-13(10-21)18(24)23-19-16(11-22)15-3-1-2-4-17(15)25-19/h5-9H,1-4H2,(H,23,24)/b13-9-. The Labute approximate surface area is 155 Å². The van der Waals surface area contributed by atoms with Crippen LogP contribution in [0.3, 0.4) is 0 Å². The maximum Gasteiger partial charge on any atom is 0.266 e. The normalized spacial score (nSPS) is 13.5. The molecular formula is C19H14ClN3OS. The highest BCUT2D eigenvalue weighted by atomic mass is 35.5. The third kappa shape index (κ3) is 3.74. The van der Waals surface area contributed by atoms with Crippen molar-refractivity contribution in [3.05, 3.63) is 56.4 Å². The van der Waals surface area contributed by atoms with Gasteiger partial charge in [-0.1, -0.05) is 23.7 Å². The molecule has 25 heavy (non-hydrogen) atoms. The van der Waals surface area contributed by atoms with Crippen molar-refractivity contribution >= 4 is 39.9 Å². The Bertz CT molecular complexity index is 929. The number of benzene rings is 1. The summed E-state index contributed by atoms with van der Waals surface area (Å²) >= 11 is 7.28. The molecule has 4 nitrogen and oxygen atoms in total. The molecule has 1 aromatic carbocycles. The fourth-order valence-corrected chi connectivity index (χ4v) is 4.18. The van der Waals surface area contributed by atoms with Crippen molar-refractivity contribution in [1.29, 1.82) is 10.5 Å². The number of thiophene rings is 1. The fraction of sp³-hybridized carbons (Fsp3) is 0.211. The van der Waals surface area contributed by atoms with E-state index in [4.69, 9.17) is 11.6 Å². The largest absolute Gasteiger partial charge is 0.312 e. The Kier molecular flexibility index (Phi) is 5.19. The molecule has 1 amide bonds. The van der Waals surface area contributed by atoms with Gasteiger partial charge < -0.3 is 5.32 Å². The number of nitrogens with one attached hydrogen (secondary N) is 1. The maximum atomic E-state index is 12.5. The molecule has 0 saturated heterocycles. The van der Waals surface area contributed by atoms with Gasteiger partial charge in [-0.3, -0.25) is 4.79 Å². The van der Waals surface area contributed by atoms with Gasteiger partial charge in [-0.2, -0.15) is 10.5 Å². The first-order valence-corrected chi connectivity index (χ1v) is 9.05. The molecule has 1 aromatic heterocycles. The molecule has 0 radical (unpaired) electrons. The topological polar surface area (TPSA) is 76.7 Å². The maximum absolute atomic E-state index is 12.5. The zero-order chi connectivity index (χ0) is 17.8. The van der Waals surface area contributed by atoms with Gasteiger partial charge in [0, 0.05) is 9.90 Å². The molecule has 1 aliphatic rings. The van der Waals surface area contributed by atoms with Crippen molar-refractivity contribution in [3.8, 4) is 12.1 Å². The second kappa shape index (κ2) is 7.53. The zero-order valence-electron chi connectivity index (χ0n) is 13.3. The van der Waals surface area contributed by atoms with E-state index < -0.39 is 5.91 Å². The Morgan fingerprint density at radius 1 is 1.20 bits per heavy atom. The van der Waals surface area contributed by atoms with Crippen molar-refractivity contribution in [2.75, 3.05) is 5.32 Å². The number of halogens is 1. The van der Waals surface area contributed by atoms with E-state index in [1.807, 2.05) is 6.07 Å². The molecule has 1 aliphatic carbocycles. The molecule has 0 spiro atoms. The average molecular weight is 368 g/mol. The fourth-order valence-electron chi connectivity index (χ4n) is 2.82. The monoisotopic (exact) mass is 367 g/mol. The third-order valence-corrected chi connectivity index (χ3v) is 5.52. The van der Waals surface area contributed by atoms with Gasteiger partial charge in [0.2, 0.25) is 0 Å². The van der Waals surface area contributed by atoms with Crippen LogP contribution in [0, 0.1) is 22.7 Å². The molecule has 124 valence electrons. The van der Waals surface area contributed by atoms with Crippen molar-refractivity contribution in [2.45, 2.75) is 25.7 Å². The number of nitrogens with zero attached hydrogens (tertiary/aromatic N) is 2. The van der Waals surface area contributed by atoms with E-state index in [-0.39, 0.29) is 5.57 Å². The van der Waals surface area contributed by atoms with Crippen LogP contribution < -0.4 is 5.32 Å². The van der Waals surface area contributed by atoms with E-state index in [1.54, 1.807) is 24.3 Å². The van der Waals surface area contributed by atoms with Crippen LogP contribution in [0.1, 0.15) is 34.4 Å². The highest BCUT2D eigenvalue weighted by Gasteiger charge is 2.22. The number of fused-ring (bicyclic) bond motifs is 1. The Morgan fingerprint density at radius 2 is 1.92 bits per heavy atom. The van der Waals surface area contributed by atoms with Crippen LogP contribution in [-0.4, -0.2) is 5.91 Å². The van der Waals surface area contributed by atoms with Gasteiger partial charge in [-0.25, -0.2) is 0 Å². The predicted octanol–water partition coefficient (Wildman–Crippen LogP) is 4.70. The quantitative estimate of drug-likeness (QED) is 0.631. The van der Waals surface area contributed by atoms with Gasteiger partial charge in [-0.05, 0) is 55.0 Å². The molecule has 1 N–H and O–H groups in total. The van der Waals surface area contributed by atoms with E-state index in [9.17, 15) is 15.3 Å². The van der Waals surface area contributed by atoms with Crippen LogP contribution in [0.5, 0.6) is 0 Å². The molecule has 0 atom stereocenters.